The monoisotopic (exact) mass is 373 g/mol. The van der Waals surface area contributed by atoms with Gasteiger partial charge in [-0.05, 0) is 29.3 Å². The highest BCUT2D eigenvalue weighted by atomic mass is 16.5. The van der Waals surface area contributed by atoms with Crippen molar-refractivity contribution in [3.8, 4) is 16.9 Å². The number of carbonyl (C=O) groups is 1. The van der Waals surface area contributed by atoms with E-state index in [9.17, 15) is 4.79 Å². The topological polar surface area (TPSA) is 48.4 Å². The van der Waals surface area contributed by atoms with Crippen molar-refractivity contribution < 1.29 is 14.3 Å². The Hall–Kier alpha value is -2.20. The first-order valence-corrected chi connectivity index (χ1v) is 9.82. The molecule has 2 aromatic rings. The zero-order valence-corrected chi connectivity index (χ0v) is 17.7. The smallest absolute Gasteiger partial charge is 0.160 e. The third-order valence-corrected chi connectivity index (χ3v) is 3.23. The van der Waals surface area contributed by atoms with E-state index in [4.69, 9.17) is 9.47 Å². The molecule has 1 aromatic carbocycles. The fourth-order valence-electron chi connectivity index (χ4n) is 1.84. The molecule has 0 radical (unpaired) electrons. The van der Waals surface area contributed by atoms with Crippen LogP contribution in [0.5, 0.6) is 5.75 Å². The van der Waals surface area contributed by atoms with Crippen LogP contribution in [0, 0.1) is 5.92 Å². The summed E-state index contributed by atoms with van der Waals surface area (Å²) in [5, 5.41) is 0. The van der Waals surface area contributed by atoms with Crippen molar-refractivity contribution in [1.82, 2.24) is 4.98 Å². The Labute approximate surface area is 164 Å². The molecule has 4 nitrogen and oxygen atoms in total. The minimum atomic E-state index is 0.0148. The molecule has 0 spiro atoms. The molecule has 0 aliphatic heterocycles. The van der Waals surface area contributed by atoms with Crippen LogP contribution in [0.15, 0.2) is 48.8 Å². The molecule has 27 heavy (non-hydrogen) atoms. The second-order valence-corrected chi connectivity index (χ2v) is 6.00. The lowest BCUT2D eigenvalue weighted by molar-refractivity contribution is -0.126. The fraction of sp³-hybridized carbons (Fsp3) is 0.478. The van der Waals surface area contributed by atoms with Crippen molar-refractivity contribution in [1.29, 1.82) is 0 Å². The molecule has 0 unspecified atom stereocenters. The number of carbonyl (C=O) groups excluding carboxylic acids is 1. The number of ketones is 1. The van der Waals surface area contributed by atoms with E-state index in [0.29, 0.717) is 13.2 Å². The molecular weight excluding hydrogens is 338 g/mol. The van der Waals surface area contributed by atoms with E-state index < -0.39 is 0 Å². The SMILES string of the molecule is CC.CC(C)C(=O)COCCOc1ccc(-c2cccnc2)cc1.CCC. The van der Waals surface area contributed by atoms with Gasteiger partial charge in [0.25, 0.3) is 0 Å². The van der Waals surface area contributed by atoms with Gasteiger partial charge in [0.1, 0.15) is 19.0 Å². The molecule has 0 N–H and O–H groups in total. The van der Waals surface area contributed by atoms with Gasteiger partial charge in [-0.25, -0.2) is 0 Å². The van der Waals surface area contributed by atoms with Crippen LogP contribution in [0.25, 0.3) is 11.1 Å². The molecule has 2 rings (SSSR count). The van der Waals surface area contributed by atoms with Crippen LogP contribution in [0.3, 0.4) is 0 Å². The lowest BCUT2D eigenvalue weighted by Crippen LogP contribution is -2.17. The first-order valence-electron chi connectivity index (χ1n) is 9.82. The Morgan fingerprint density at radius 2 is 1.63 bits per heavy atom. The second kappa shape index (κ2) is 16.0. The van der Waals surface area contributed by atoms with E-state index in [2.05, 4.69) is 18.8 Å². The predicted molar refractivity (Wildman–Crippen MR) is 113 cm³/mol. The molecular formula is C23H35NO3. The number of Topliss-reactive ketones (excluding diaryl/α,β-unsaturated/α-hetero) is 1. The Morgan fingerprint density at radius 3 is 2.15 bits per heavy atom. The summed E-state index contributed by atoms with van der Waals surface area (Å²) in [5.41, 5.74) is 2.17. The highest BCUT2D eigenvalue weighted by Gasteiger charge is 2.06. The van der Waals surface area contributed by atoms with Crippen molar-refractivity contribution in [3.05, 3.63) is 48.8 Å². The molecule has 0 atom stereocenters. The third-order valence-electron chi connectivity index (χ3n) is 3.23. The number of hydrogen-bond donors (Lipinski definition) is 0. The number of rotatable bonds is 8. The van der Waals surface area contributed by atoms with Gasteiger partial charge < -0.3 is 9.47 Å². The minimum absolute atomic E-state index is 0.0148. The summed E-state index contributed by atoms with van der Waals surface area (Å²) in [5.74, 6) is 0.910. The fourth-order valence-corrected chi connectivity index (χ4v) is 1.84. The summed E-state index contributed by atoms with van der Waals surface area (Å²) < 4.78 is 10.9. The van der Waals surface area contributed by atoms with Crippen LogP contribution in [0.2, 0.25) is 0 Å². The molecule has 0 bridgehead atoms. The van der Waals surface area contributed by atoms with Gasteiger partial charge in [-0.15, -0.1) is 0 Å². The molecule has 0 aliphatic carbocycles. The van der Waals surface area contributed by atoms with E-state index in [-0.39, 0.29) is 18.3 Å². The number of aromatic nitrogens is 1. The standard InChI is InChI=1S/C18H21NO3.C3H8.C2H6/c1-14(2)18(20)13-21-10-11-22-17-7-5-15(6-8-17)16-4-3-9-19-12-16;1-3-2;1-2/h3-9,12,14H,10-11,13H2,1-2H3;3H2,1-2H3;1-2H3. The zero-order valence-electron chi connectivity index (χ0n) is 17.7. The summed E-state index contributed by atoms with van der Waals surface area (Å²) in [4.78, 5) is 15.5. The van der Waals surface area contributed by atoms with Crippen LogP contribution in [0.1, 0.15) is 48.0 Å². The summed E-state index contributed by atoms with van der Waals surface area (Å²) in [6.45, 7) is 13.0. The van der Waals surface area contributed by atoms with Crippen molar-refractivity contribution in [2.75, 3.05) is 19.8 Å². The van der Waals surface area contributed by atoms with Crippen molar-refractivity contribution in [3.63, 3.8) is 0 Å². The molecule has 0 amide bonds. The van der Waals surface area contributed by atoms with Gasteiger partial charge in [0.15, 0.2) is 5.78 Å². The van der Waals surface area contributed by atoms with Gasteiger partial charge in [-0.3, -0.25) is 9.78 Å². The number of ether oxygens (including phenoxy) is 2. The maximum absolute atomic E-state index is 11.4. The van der Waals surface area contributed by atoms with Gasteiger partial charge in [0.2, 0.25) is 0 Å². The predicted octanol–water partition coefficient (Wildman–Crippen LogP) is 5.81. The van der Waals surface area contributed by atoms with Crippen LogP contribution in [-0.4, -0.2) is 30.6 Å². The van der Waals surface area contributed by atoms with Crippen molar-refractivity contribution in [2.45, 2.75) is 48.0 Å². The average Bonchev–Trinajstić information content (AvgIpc) is 2.71. The Bertz CT molecular complexity index is 595. The molecule has 150 valence electrons. The maximum atomic E-state index is 11.4. The van der Waals surface area contributed by atoms with Gasteiger partial charge in [-0.1, -0.05) is 66.2 Å². The van der Waals surface area contributed by atoms with E-state index in [1.165, 1.54) is 6.42 Å². The Morgan fingerprint density at radius 1 is 1.00 bits per heavy atom. The van der Waals surface area contributed by atoms with Crippen LogP contribution < -0.4 is 4.74 Å². The number of nitrogens with zero attached hydrogens (tertiary/aromatic N) is 1. The molecule has 1 aromatic heterocycles. The van der Waals surface area contributed by atoms with Crippen molar-refractivity contribution >= 4 is 5.78 Å². The normalized spacial score (nSPS) is 9.59. The Kier molecular flexibility index (Phi) is 14.7. The summed E-state index contributed by atoms with van der Waals surface area (Å²) in [7, 11) is 0. The molecule has 0 aliphatic rings. The number of benzene rings is 1. The molecule has 0 fully saturated rings. The molecule has 1 heterocycles. The quantitative estimate of drug-likeness (QED) is 0.548. The second-order valence-electron chi connectivity index (χ2n) is 6.00. The molecule has 0 saturated carbocycles. The van der Waals surface area contributed by atoms with Gasteiger partial charge in [-0.2, -0.15) is 0 Å². The van der Waals surface area contributed by atoms with Crippen LogP contribution in [0.4, 0.5) is 0 Å². The highest BCUT2D eigenvalue weighted by molar-refractivity contribution is 5.81. The third kappa shape index (κ3) is 11.2. The van der Waals surface area contributed by atoms with E-state index in [1.54, 1.807) is 6.20 Å². The molecule has 4 heteroatoms. The summed E-state index contributed by atoms with van der Waals surface area (Å²) in [6.07, 6.45) is 4.83. The zero-order chi connectivity index (χ0) is 20.5. The molecule has 0 saturated heterocycles. The average molecular weight is 374 g/mol. The number of hydrogen-bond acceptors (Lipinski definition) is 4. The number of pyridine rings is 1. The van der Waals surface area contributed by atoms with E-state index in [0.717, 1.165) is 16.9 Å². The lowest BCUT2D eigenvalue weighted by atomic mass is 10.1. The van der Waals surface area contributed by atoms with Gasteiger partial charge in [0.05, 0.1) is 6.61 Å². The van der Waals surface area contributed by atoms with E-state index in [1.807, 2.05) is 70.3 Å². The Balaban J connectivity index is 0.00000123. The lowest BCUT2D eigenvalue weighted by Gasteiger charge is -2.08. The first kappa shape index (κ1) is 24.8. The summed E-state index contributed by atoms with van der Waals surface area (Å²) >= 11 is 0. The largest absolute Gasteiger partial charge is 0.491 e. The van der Waals surface area contributed by atoms with Crippen LogP contribution in [-0.2, 0) is 9.53 Å². The summed E-state index contributed by atoms with van der Waals surface area (Å²) in [6, 6.07) is 11.8. The minimum Gasteiger partial charge on any atom is -0.491 e. The maximum Gasteiger partial charge on any atom is 0.160 e. The van der Waals surface area contributed by atoms with Gasteiger partial charge in [0, 0.05) is 18.3 Å². The van der Waals surface area contributed by atoms with Gasteiger partial charge >= 0.3 is 0 Å². The van der Waals surface area contributed by atoms with Crippen LogP contribution >= 0.6 is 0 Å². The van der Waals surface area contributed by atoms with E-state index >= 15 is 0 Å². The highest BCUT2D eigenvalue weighted by Crippen LogP contribution is 2.21. The first-order chi connectivity index (χ1) is 13.1. The van der Waals surface area contributed by atoms with Crippen molar-refractivity contribution in [2.24, 2.45) is 5.92 Å².